The minimum atomic E-state index is -1.11. The van der Waals surface area contributed by atoms with Gasteiger partial charge < -0.3 is 26.0 Å². The Hall–Kier alpha value is -2.29. The summed E-state index contributed by atoms with van der Waals surface area (Å²) >= 11 is 0. The monoisotopic (exact) mass is 379 g/mol. The van der Waals surface area contributed by atoms with Crippen molar-refractivity contribution >= 4 is 17.9 Å². The standard InChI is InChI=1S/C18H29N5O4/c1-12(19)22-8-2-3-13(11-22)4-5-14-15(17(25)26)23(16(14)24)18(27)21-9-6-20-7-10-21/h13-15,20H,1-11,19H2,(H,25,26). The van der Waals surface area contributed by atoms with Gasteiger partial charge in [-0.2, -0.15) is 0 Å². The number of carboxylic acid groups (broad SMARTS) is 1. The number of carbonyl (C=O) groups excluding carboxylic acids is 2. The molecule has 4 N–H and O–H groups in total. The largest absolute Gasteiger partial charge is 0.480 e. The van der Waals surface area contributed by atoms with E-state index in [1.165, 1.54) is 0 Å². The number of carbonyl (C=O) groups is 3. The van der Waals surface area contributed by atoms with Gasteiger partial charge in [0, 0.05) is 39.3 Å². The van der Waals surface area contributed by atoms with E-state index in [1.54, 1.807) is 4.90 Å². The van der Waals surface area contributed by atoms with E-state index >= 15 is 0 Å². The molecule has 3 saturated heterocycles. The van der Waals surface area contributed by atoms with Crippen LogP contribution in [0, 0.1) is 11.8 Å². The van der Waals surface area contributed by atoms with Crippen molar-refractivity contribution in [2.24, 2.45) is 17.6 Å². The smallest absolute Gasteiger partial charge is 0.327 e. The van der Waals surface area contributed by atoms with E-state index in [0.717, 1.165) is 37.3 Å². The van der Waals surface area contributed by atoms with E-state index in [1.807, 2.05) is 4.90 Å². The number of imide groups is 1. The lowest BCUT2D eigenvalue weighted by Gasteiger charge is -2.46. The van der Waals surface area contributed by atoms with Crippen LogP contribution >= 0.6 is 0 Å². The number of piperazine rings is 1. The quantitative estimate of drug-likeness (QED) is 0.568. The van der Waals surface area contributed by atoms with Gasteiger partial charge in [0.05, 0.1) is 11.7 Å². The Morgan fingerprint density at radius 1 is 1.19 bits per heavy atom. The fourth-order valence-electron chi connectivity index (χ4n) is 4.31. The lowest BCUT2D eigenvalue weighted by Crippen LogP contribution is -2.69. The van der Waals surface area contributed by atoms with Gasteiger partial charge in [-0.05, 0) is 31.6 Å². The van der Waals surface area contributed by atoms with Crippen LogP contribution in [0.15, 0.2) is 12.4 Å². The number of likely N-dealkylation sites (tertiary alicyclic amines) is 2. The Labute approximate surface area is 159 Å². The predicted molar refractivity (Wildman–Crippen MR) is 98.5 cm³/mol. The topological polar surface area (TPSA) is 119 Å². The summed E-state index contributed by atoms with van der Waals surface area (Å²) in [5, 5.41) is 12.7. The molecule has 3 rings (SSSR count). The molecular weight excluding hydrogens is 350 g/mol. The summed E-state index contributed by atoms with van der Waals surface area (Å²) in [7, 11) is 0. The molecule has 0 aliphatic carbocycles. The van der Waals surface area contributed by atoms with E-state index in [9.17, 15) is 19.5 Å². The first-order valence-electron chi connectivity index (χ1n) is 9.65. The molecule has 27 heavy (non-hydrogen) atoms. The number of piperidine rings is 1. The molecule has 0 aromatic rings. The first kappa shape index (κ1) is 19.5. The maximum absolute atomic E-state index is 12.6. The highest BCUT2D eigenvalue weighted by Gasteiger charge is 2.55. The molecule has 0 spiro atoms. The number of urea groups is 1. The molecule has 3 atom stereocenters. The van der Waals surface area contributed by atoms with E-state index in [4.69, 9.17) is 5.73 Å². The highest BCUT2D eigenvalue weighted by Crippen LogP contribution is 2.34. The van der Waals surface area contributed by atoms with Gasteiger partial charge in [-0.1, -0.05) is 6.58 Å². The maximum atomic E-state index is 12.6. The van der Waals surface area contributed by atoms with Crippen molar-refractivity contribution in [3.05, 3.63) is 12.4 Å². The fourth-order valence-corrected chi connectivity index (χ4v) is 4.31. The number of nitrogens with zero attached hydrogens (tertiary/aromatic N) is 3. The Bertz CT molecular complexity index is 619. The van der Waals surface area contributed by atoms with Gasteiger partial charge in [0.15, 0.2) is 6.04 Å². The van der Waals surface area contributed by atoms with Gasteiger partial charge in [0.1, 0.15) is 0 Å². The molecule has 3 aliphatic rings. The Kier molecular flexibility index (Phi) is 5.88. The molecule has 150 valence electrons. The lowest BCUT2D eigenvalue weighted by molar-refractivity contribution is -0.167. The summed E-state index contributed by atoms with van der Waals surface area (Å²) in [6.45, 7) is 7.73. The van der Waals surface area contributed by atoms with Crippen molar-refractivity contribution in [3.63, 3.8) is 0 Å². The molecule has 3 amide bonds. The SMILES string of the molecule is C=C(N)N1CCCC(CCC2C(=O)N(C(=O)N3CCNCC3)C2C(=O)O)C1. The van der Waals surface area contributed by atoms with Crippen molar-refractivity contribution in [1.29, 1.82) is 0 Å². The number of carboxylic acids is 1. The third-order valence-corrected chi connectivity index (χ3v) is 5.87. The predicted octanol–water partition coefficient (Wildman–Crippen LogP) is -0.155. The molecule has 0 aromatic carbocycles. The molecule has 9 nitrogen and oxygen atoms in total. The number of nitrogens with two attached hydrogens (primary N) is 1. The Morgan fingerprint density at radius 2 is 1.89 bits per heavy atom. The first-order valence-corrected chi connectivity index (χ1v) is 9.65. The molecule has 0 radical (unpaired) electrons. The van der Waals surface area contributed by atoms with Gasteiger partial charge in [-0.3, -0.25) is 4.79 Å². The Morgan fingerprint density at radius 3 is 2.52 bits per heavy atom. The molecular formula is C18H29N5O4. The van der Waals surface area contributed by atoms with E-state index in [-0.39, 0.29) is 5.91 Å². The van der Waals surface area contributed by atoms with E-state index in [0.29, 0.717) is 44.3 Å². The third kappa shape index (κ3) is 4.02. The van der Waals surface area contributed by atoms with Crippen LogP contribution in [-0.4, -0.2) is 83.0 Å². The summed E-state index contributed by atoms with van der Waals surface area (Å²) in [4.78, 5) is 41.4. The van der Waals surface area contributed by atoms with Crippen LogP contribution in [0.25, 0.3) is 0 Å². The molecule has 3 aliphatic heterocycles. The molecule has 0 aromatic heterocycles. The van der Waals surface area contributed by atoms with Crippen LogP contribution in [-0.2, 0) is 9.59 Å². The summed E-state index contributed by atoms with van der Waals surface area (Å²) in [6, 6.07) is -1.53. The summed E-state index contributed by atoms with van der Waals surface area (Å²) in [6.07, 6.45) is 3.28. The van der Waals surface area contributed by atoms with Crippen molar-refractivity contribution in [1.82, 2.24) is 20.0 Å². The number of hydrogen-bond donors (Lipinski definition) is 3. The van der Waals surface area contributed by atoms with Gasteiger partial charge in [-0.15, -0.1) is 0 Å². The van der Waals surface area contributed by atoms with Gasteiger partial charge >= 0.3 is 12.0 Å². The minimum absolute atomic E-state index is 0.359. The van der Waals surface area contributed by atoms with Crippen molar-refractivity contribution in [3.8, 4) is 0 Å². The second-order valence-corrected chi connectivity index (χ2v) is 7.64. The van der Waals surface area contributed by atoms with Gasteiger partial charge in [0.2, 0.25) is 5.91 Å². The zero-order valence-corrected chi connectivity index (χ0v) is 15.6. The van der Waals surface area contributed by atoms with Crippen molar-refractivity contribution in [2.45, 2.75) is 31.7 Å². The first-order chi connectivity index (χ1) is 12.9. The molecule has 0 saturated carbocycles. The number of aliphatic carboxylic acids is 1. The second-order valence-electron chi connectivity index (χ2n) is 7.64. The number of nitrogens with one attached hydrogen (secondary N) is 1. The van der Waals surface area contributed by atoms with Crippen LogP contribution in [0.4, 0.5) is 4.79 Å². The zero-order valence-electron chi connectivity index (χ0n) is 15.6. The highest BCUT2D eigenvalue weighted by molar-refractivity contribution is 6.07. The van der Waals surface area contributed by atoms with Gasteiger partial charge in [-0.25, -0.2) is 14.5 Å². The van der Waals surface area contributed by atoms with Crippen molar-refractivity contribution < 1.29 is 19.5 Å². The second kappa shape index (κ2) is 8.16. The average Bonchev–Trinajstić information content (AvgIpc) is 2.66. The molecule has 3 fully saturated rings. The zero-order chi connectivity index (χ0) is 19.6. The normalized spacial score (nSPS) is 28.7. The van der Waals surface area contributed by atoms with Crippen LogP contribution in [0.1, 0.15) is 25.7 Å². The number of amides is 3. The maximum Gasteiger partial charge on any atom is 0.327 e. The average molecular weight is 379 g/mol. The van der Waals surface area contributed by atoms with Crippen molar-refractivity contribution in [2.75, 3.05) is 39.3 Å². The minimum Gasteiger partial charge on any atom is -0.480 e. The lowest BCUT2D eigenvalue weighted by atomic mass is 9.80. The highest BCUT2D eigenvalue weighted by atomic mass is 16.4. The summed E-state index contributed by atoms with van der Waals surface area (Å²) < 4.78 is 0. The van der Waals surface area contributed by atoms with Crippen LogP contribution in [0.2, 0.25) is 0 Å². The summed E-state index contributed by atoms with van der Waals surface area (Å²) in [5.74, 6) is -1.17. The van der Waals surface area contributed by atoms with Gasteiger partial charge in [0.25, 0.3) is 0 Å². The number of hydrogen-bond acceptors (Lipinski definition) is 6. The van der Waals surface area contributed by atoms with Crippen LogP contribution in [0.3, 0.4) is 0 Å². The van der Waals surface area contributed by atoms with Crippen LogP contribution in [0.5, 0.6) is 0 Å². The van der Waals surface area contributed by atoms with Crippen LogP contribution < -0.4 is 11.1 Å². The Balaban J connectivity index is 1.58. The third-order valence-electron chi connectivity index (χ3n) is 5.87. The molecule has 3 unspecified atom stereocenters. The number of β-lactam (4-membered cyclic amide) rings is 1. The van der Waals surface area contributed by atoms with E-state index in [2.05, 4.69) is 11.9 Å². The fraction of sp³-hybridized carbons (Fsp3) is 0.722. The van der Waals surface area contributed by atoms with E-state index < -0.39 is 24.0 Å². The molecule has 9 heteroatoms. The number of rotatable bonds is 5. The summed E-state index contributed by atoms with van der Waals surface area (Å²) in [5.41, 5.74) is 5.78. The molecule has 0 bridgehead atoms. The molecule has 3 heterocycles.